The highest BCUT2D eigenvalue weighted by Crippen LogP contribution is 2.28. The molecule has 1 amide bonds. The van der Waals surface area contributed by atoms with E-state index in [1.54, 1.807) is 12.1 Å². The van der Waals surface area contributed by atoms with Crippen LogP contribution >= 0.6 is 11.8 Å². The average Bonchev–Trinajstić information content (AvgIpc) is 2.58. The van der Waals surface area contributed by atoms with Crippen molar-refractivity contribution in [3.8, 4) is 0 Å². The molecule has 8 heteroatoms. The van der Waals surface area contributed by atoms with Gasteiger partial charge in [0.25, 0.3) is 0 Å². The number of anilines is 1. The molecule has 1 aromatic rings. The zero-order valence-electron chi connectivity index (χ0n) is 15.7. The molecule has 0 aliphatic carbocycles. The monoisotopic (exact) mass is 399 g/mol. The summed E-state index contributed by atoms with van der Waals surface area (Å²) in [6.45, 7) is 7.20. The van der Waals surface area contributed by atoms with E-state index in [4.69, 9.17) is 0 Å². The molecule has 1 aliphatic rings. The molecule has 2 rings (SSSR count). The van der Waals surface area contributed by atoms with Gasteiger partial charge in [0.2, 0.25) is 15.9 Å². The summed E-state index contributed by atoms with van der Waals surface area (Å²) < 4.78 is 27.7. The first kappa shape index (κ1) is 21.2. The highest BCUT2D eigenvalue weighted by Gasteiger charge is 2.18. The number of thioether (sulfide) groups is 1. The van der Waals surface area contributed by atoms with Crippen LogP contribution in [-0.4, -0.2) is 51.7 Å². The van der Waals surface area contributed by atoms with Crippen molar-refractivity contribution in [3.05, 3.63) is 18.2 Å². The van der Waals surface area contributed by atoms with E-state index < -0.39 is 10.0 Å². The van der Waals surface area contributed by atoms with Gasteiger partial charge in [0, 0.05) is 24.9 Å². The van der Waals surface area contributed by atoms with Gasteiger partial charge in [0.1, 0.15) is 0 Å². The number of amides is 1. The number of nitrogens with one attached hydrogen (secondary N) is 2. The van der Waals surface area contributed by atoms with Gasteiger partial charge in [-0.3, -0.25) is 4.79 Å². The average molecular weight is 400 g/mol. The van der Waals surface area contributed by atoms with Crippen molar-refractivity contribution in [2.75, 3.05) is 37.8 Å². The molecule has 0 saturated carbocycles. The topological polar surface area (TPSA) is 78.5 Å². The molecule has 2 N–H and O–H groups in total. The van der Waals surface area contributed by atoms with Crippen LogP contribution in [0.5, 0.6) is 0 Å². The molecule has 0 aromatic heterocycles. The van der Waals surface area contributed by atoms with Crippen molar-refractivity contribution in [2.45, 2.75) is 42.9 Å². The summed E-state index contributed by atoms with van der Waals surface area (Å²) in [6, 6.07) is 4.81. The summed E-state index contributed by atoms with van der Waals surface area (Å²) in [6.07, 6.45) is 5.17. The highest BCUT2D eigenvalue weighted by molar-refractivity contribution is 7.98. The number of sulfonamides is 1. The van der Waals surface area contributed by atoms with E-state index >= 15 is 0 Å². The molecular formula is C18H29N3O3S2. The predicted octanol–water partition coefficient (Wildman–Crippen LogP) is 2.77. The second-order valence-electron chi connectivity index (χ2n) is 6.84. The fourth-order valence-corrected chi connectivity index (χ4v) is 4.86. The Balaban J connectivity index is 1.93. The molecule has 0 unspecified atom stereocenters. The van der Waals surface area contributed by atoms with E-state index in [1.165, 1.54) is 37.6 Å². The normalized spacial score (nSPS) is 18.7. The lowest BCUT2D eigenvalue weighted by Crippen LogP contribution is -2.36. The van der Waals surface area contributed by atoms with Crippen LogP contribution in [0.1, 0.15) is 33.1 Å². The van der Waals surface area contributed by atoms with Crippen LogP contribution in [0.3, 0.4) is 0 Å². The summed E-state index contributed by atoms with van der Waals surface area (Å²) in [5.41, 5.74) is 0.523. The van der Waals surface area contributed by atoms with Crippen molar-refractivity contribution < 1.29 is 13.2 Å². The number of piperidine rings is 1. The molecule has 1 saturated heterocycles. The number of nitrogens with zero attached hydrogens (tertiary/aromatic N) is 1. The van der Waals surface area contributed by atoms with E-state index in [1.807, 2.05) is 6.26 Å². The summed E-state index contributed by atoms with van der Waals surface area (Å²) in [7, 11) is -3.59. The molecule has 1 aliphatic heterocycles. The Morgan fingerprint density at radius 2 is 2.15 bits per heavy atom. The van der Waals surface area contributed by atoms with Crippen LogP contribution in [0.4, 0.5) is 5.69 Å². The van der Waals surface area contributed by atoms with Gasteiger partial charge in [-0.15, -0.1) is 11.8 Å². The molecule has 1 heterocycles. The quantitative estimate of drug-likeness (QED) is 0.519. The van der Waals surface area contributed by atoms with Gasteiger partial charge in [-0.1, -0.05) is 6.92 Å². The molecule has 1 atom stereocenters. The lowest BCUT2D eigenvalue weighted by Gasteiger charge is -2.30. The number of hydrogen-bond donors (Lipinski definition) is 2. The van der Waals surface area contributed by atoms with Crippen molar-refractivity contribution >= 4 is 33.4 Å². The molecule has 0 spiro atoms. The Morgan fingerprint density at radius 1 is 1.38 bits per heavy atom. The van der Waals surface area contributed by atoms with Gasteiger partial charge in [0.05, 0.1) is 10.6 Å². The first-order valence-electron chi connectivity index (χ1n) is 8.99. The predicted molar refractivity (Wildman–Crippen MR) is 107 cm³/mol. The second-order valence-corrected chi connectivity index (χ2v) is 9.46. The van der Waals surface area contributed by atoms with Crippen LogP contribution in [-0.2, 0) is 14.8 Å². The van der Waals surface area contributed by atoms with Crippen molar-refractivity contribution in [2.24, 2.45) is 5.92 Å². The zero-order valence-corrected chi connectivity index (χ0v) is 17.4. The van der Waals surface area contributed by atoms with Gasteiger partial charge in [-0.05, 0) is 62.7 Å². The first-order valence-corrected chi connectivity index (χ1v) is 11.7. The van der Waals surface area contributed by atoms with Gasteiger partial charge in [-0.25, -0.2) is 13.1 Å². The summed E-state index contributed by atoms with van der Waals surface area (Å²) >= 11 is 1.46. The summed E-state index contributed by atoms with van der Waals surface area (Å²) in [4.78, 5) is 14.7. The molecule has 0 bridgehead atoms. The number of hydrogen-bond acceptors (Lipinski definition) is 5. The molecule has 1 fully saturated rings. The molecule has 1 aromatic carbocycles. The maximum atomic E-state index is 12.5. The van der Waals surface area contributed by atoms with Crippen LogP contribution in [0.15, 0.2) is 28.0 Å². The lowest BCUT2D eigenvalue weighted by atomic mass is 10.0. The van der Waals surface area contributed by atoms with Crippen LogP contribution in [0.25, 0.3) is 0 Å². The van der Waals surface area contributed by atoms with Crippen LogP contribution in [0, 0.1) is 5.92 Å². The van der Waals surface area contributed by atoms with E-state index in [2.05, 4.69) is 21.9 Å². The van der Waals surface area contributed by atoms with Crippen molar-refractivity contribution in [1.29, 1.82) is 0 Å². The van der Waals surface area contributed by atoms with E-state index in [9.17, 15) is 13.2 Å². The summed E-state index contributed by atoms with van der Waals surface area (Å²) in [5.74, 6) is 0.501. The Labute approximate surface area is 161 Å². The minimum Gasteiger partial charge on any atom is -0.325 e. The Kier molecular flexibility index (Phi) is 7.94. The lowest BCUT2D eigenvalue weighted by molar-refractivity contribution is -0.114. The maximum absolute atomic E-state index is 12.5. The molecule has 0 radical (unpaired) electrons. The Hall–Kier alpha value is -1.09. The highest BCUT2D eigenvalue weighted by atomic mass is 32.2. The van der Waals surface area contributed by atoms with Gasteiger partial charge < -0.3 is 10.2 Å². The number of likely N-dealkylation sites (tertiary alicyclic amines) is 1. The third kappa shape index (κ3) is 6.26. The Morgan fingerprint density at radius 3 is 2.81 bits per heavy atom. The zero-order chi connectivity index (χ0) is 19.2. The standard InChI is InChI=1S/C18H29N3O3S2/c1-14-6-4-10-21(13-14)11-5-9-19-26(23,24)16-7-8-18(25-3)17(12-16)20-15(2)22/h7-8,12,14,19H,4-6,9-11,13H2,1-3H3,(H,20,22)/t14-/m1/s1. The minimum absolute atomic E-state index is 0.172. The number of benzene rings is 1. The molecular weight excluding hydrogens is 370 g/mol. The van der Waals surface area contributed by atoms with E-state index in [0.29, 0.717) is 12.2 Å². The number of carbonyl (C=O) groups excluding carboxylic acids is 1. The summed E-state index contributed by atoms with van der Waals surface area (Å²) in [5, 5.41) is 2.69. The molecule has 146 valence electrons. The van der Waals surface area contributed by atoms with Crippen LogP contribution in [0.2, 0.25) is 0 Å². The van der Waals surface area contributed by atoms with E-state index in [0.717, 1.165) is 36.9 Å². The smallest absolute Gasteiger partial charge is 0.240 e. The SMILES string of the molecule is CSc1ccc(S(=O)(=O)NCCCN2CCC[C@@H](C)C2)cc1NC(C)=O. The fourth-order valence-electron chi connectivity index (χ4n) is 3.22. The van der Waals surface area contributed by atoms with Crippen molar-refractivity contribution in [3.63, 3.8) is 0 Å². The molecule has 6 nitrogen and oxygen atoms in total. The minimum atomic E-state index is -3.59. The first-order chi connectivity index (χ1) is 12.3. The largest absolute Gasteiger partial charge is 0.325 e. The third-order valence-electron chi connectivity index (χ3n) is 4.48. The maximum Gasteiger partial charge on any atom is 0.240 e. The van der Waals surface area contributed by atoms with Crippen molar-refractivity contribution in [1.82, 2.24) is 9.62 Å². The fraction of sp³-hybridized carbons (Fsp3) is 0.611. The van der Waals surface area contributed by atoms with Crippen LogP contribution < -0.4 is 10.0 Å². The Bertz CT molecular complexity index is 722. The third-order valence-corrected chi connectivity index (χ3v) is 6.73. The van der Waals surface area contributed by atoms with Gasteiger partial charge >= 0.3 is 0 Å². The van der Waals surface area contributed by atoms with E-state index in [-0.39, 0.29) is 10.8 Å². The van der Waals surface area contributed by atoms with Gasteiger partial charge in [0.15, 0.2) is 0 Å². The second kappa shape index (κ2) is 9.73. The number of rotatable bonds is 8. The molecule has 26 heavy (non-hydrogen) atoms. The van der Waals surface area contributed by atoms with Gasteiger partial charge in [-0.2, -0.15) is 0 Å². The number of carbonyl (C=O) groups is 1.